The van der Waals surface area contributed by atoms with Crippen LogP contribution in [0, 0.1) is 0 Å². The summed E-state index contributed by atoms with van der Waals surface area (Å²) in [7, 11) is 0.667. The molecule has 0 fully saturated rings. The molecule has 0 saturated carbocycles. The van der Waals surface area contributed by atoms with E-state index in [4.69, 9.17) is 5.73 Å². The molecule has 1 unspecified atom stereocenters. The Labute approximate surface area is 81.9 Å². The summed E-state index contributed by atoms with van der Waals surface area (Å²) in [4.78, 5) is 12.8. The summed E-state index contributed by atoms with van der Waals surface area (Å²) in [6, 6.07) is 0. The van der Waals surface area contributed by atoms with Crippen LogP contribution in [0.1, 0.15) is 13.3 Å². The van der Waals surface area contributed by atoms with E-state index in [0.29, 0.717) is 18.8 Å². The molecule has 0 aliphatic heterocycles. The number of carbonyl (C=O) groups excluding carboxylic acids is 1. The maximum Gasteiger partial charge on any atom is 0.234 e. The van der Waals surface area contributed by atoms with E-state index in [1.54, 1.807) is 11.9 Å². The average Bonchev–Trinajstić information content (AvgIpc) is 2.13. The third-order valence-electron chi connectivity index (χ3n) is 1.76. The van der Waals surface area contributed by atoms with Gasteiger partial charge in [0.05, 0.1) is 0 Å². The molecule has 0 spiro atoms. The summed E-state index contributed by atoms with van der Waals surface area (Å²) in [6.07, 6.45) is 0.718. The van der Waals surface area contributed by atoms with Crippen LogP contribution in [0.25, 0.3) is 0 Å². The van der Waals surface area contributed by atoms with E-state index in [9.17, 15) is 9.00 Å². The molecule has 13 heavy (non-hydrogen) atoms. The van der Waals surface area contributed by atoms with E-state index < -0.39 is 10.8 Å². The third-order valence-corrected chi connectivity index (χ3v) is 3.07. The maximum absolute atomic E-state index is 11.2. The van der Waals surface area contributed by atoms with Crippen molar-refractivity contribution in [3.63, 3.8) is 0 Å². The van der Waals surface area contributed by atoms with Gasteiger partial charge in [0.15, 0.2) is 0 Å². The van der Waals surface area contributed by atoms with Crippen LogP contribution in [0.5, 0.6) is 0 Å². The number of nitrogens with zero attached hydrogens (tertiary/aromatic N) is 1. The van der Waals surface area contributed by atoms with Gasteiger partial charge in [-0.15, -0.1) is 0 Å². The first kappa shape index (κ1) is 12.6. The van der Waals surface area contributed by atoms with Crippen LogP contribution in [-0.2, 0) is 15.6 Å². The highest BCUT2D eigenvalue weighted by Gasteiger charge is 2.10. The summed E-state index contributed by atoms with van der Waals surface area (Å²) >= 11 is 0. The number of nitrogens with two attached hydrogens (primary N) is 1. The second kappa shape index (κ2) is 7.03. The molecular formula is C8H18N2O2S. The Balaban J connectivity index is 3.71. The van der Waals surface area contributed by atoms with E-state index in [2.05, 4.69) is 0 Å². The minimum Gasteiger partial charge on any atom is -0.345 e. The summed E-state index contributed by atoms with van der Waals surface area (Å²) in [5.74, 6) is 0.599. The van der Waals surface area contributed by atoms with E-state index in [0.717, 1.165) is 6.42 Å². The Bertz CT molecular complexity index is 185. The first-order valence-electron chi connectivity index (χ1n) is 4.40. The van der Waals surface area contributed by atoms with Gasteiger partial charge in [0.25, 0.3) is 0 Å². The van der Waals surface area contributed by atoms with Crippen molar-refractivity contribution >= 4 is 16.7 Å². The standard InChI is InChI=1S/C8H18N2O2S/c1-3-10(2)8(11)7-13(12)6-4-5-9/h3-7,9H2,1-2H3. The zero-order chi connectivity index (χ0) is 10.3. The van der Waals surface area contributed by atoms with E-state index >= 15 is 0 Å². The van der Waals surface area contributed by atoms with Gasteiger partial charge in [-0.05, 0) is 19.9 Å². The van der Waals surface area contributed by atoms with Gasteiger partial charge in [-0.2, -0.15) is 0 Å². The molecule has 1 atom stereocenters. The highest BCUT2D eigenvalue weighted by molar-refractivity contribution is 7.85. The fourth-order valence-corrected chi connectivity index (χ4v) is 1.87. The first-order valence-corrected chi connectivity index (χ1v) is 5.89. The lowest BCUT2D eigenvalue weighted by atomic mass is 10.5. The molecule has 0 radical (unpaired) electrons. The minimum absolute atomic E-state index is 0.0575. The number of hydrogen-bond acceptors (Lipinski definition) is 3. The van der Waals surface area contributed by atoms with Gasteiger partial charge in [0.2, 0.25) is 5.91 Å². The van der Waals surface area contributed by atoms with Crippen LogP contribution in [-0.4, -0.2) is 46.7 Å². The van der Waals surface area contributed by atoms with Crippen LogP contribution in [0.15, 0.2) is 0 Å². The summed E-state index contributed by atoms with van der Waals surface area (Å²) in [5.41, 5.74) is 5.26. The van der Waals surface area contributed by atoms with Gasteiger partial charge in [-0.25, -0.2) is 0 Å². The lowest BCUT2D eigenvalue weighted by Gasteiger charge is -2.13. The Morgan fingerprint density at radius 3 is 2.62 bits per heavy atom. The molecule has 78 valence electrons. The van der Waals surface area contributed by atoms with Crippen molar-refractivity contribution in [1.82, 2.24) is 4.90 Å². The molecule has 0 rings (SSSR count). The molecule has 1 amide bonds. The van der Waals surface area contributed by atoms with Gasteiger partial charge in [0.1, 0.15) is 5.75 Å². The molecule has 0 aromatic rings. The number of amides is 1. The molecule has 0 aliphatic carbocycles. The fraction of sp³-hybridized carbons (Fsp3) is 0.875. The monoisotopic (exact) mass is 206 g/mol. The first-order chi connectivity index (χ1) is 6.11. The number of carbonyl (C=O) groups is 1. The topological polar surface area (TPSA) is 63.4 Å². The molecule has 2 N–H and O–H groups in total. The lowest BCUT2D eigenvalue weighted by molar-refractivity contribution is -0.126. The summed E-state index contributed by atoms with van der Waals surface area (Å²) in [5, 5.41) is 0. The summed E-state index contributed by atoms with van der Waals surface area (Å²) in [6.45, 7) is 3.08. The third kappa shape index (κ3) is 5.76. The Kier molecular flexibility index (Phi) is 6.80. The highest BCUT2D eigenvalue weighted by atomic mass is 32.2. The van der Waals surface area contributed by atoms with Crippen LogP contribution < -0.4 is 5.73 Å². The van der Waals surface area contributed by atoms with Crippen molar-refractivity contribution in [2.24, 2.45) is 5.73 Å². The van der Waals surface area contributed by atoms with Crippen molar-refractivity contribution in [2.75, 3.05) is 31.6 Å². The molecule has 0 aromatic carbocycles. The normalized spacial score (nSPS) is 12.5. The SMILES string of the molecule is CCN(C)C(=O)CS(=O)CCCN. The number of hydrogen-bond donors (Lipinski definition) is 1. The molecular weight excluding hydrogens is 188 g/mol. The van der Waals surface area contributed by atoms with Gasteiger partial charge >= 0.3 is 0 Å². The zero-order valence-electron chi connectivity index (χ0n) is 8.28. The highest BCUT2D eigenvalue weighted by Crippen LogP contribution is 1.91. The lowest BCUT2D eigenvalue weighted by Crippen LogP contribution is -2.31. The van der Waals surface area contributed by atoms with Crippen molar-refractivity contribution < 1.29 is 9.00 Å². The number of rotatable bonds is 6. The zero-order valence-corrected chi connectivity index (χ0v) is 9.10. The molecule has 0 aliphatic rings. The van der Waals surface area contributed by atoms with Gasteiger partial charge in [-0.3, -0.25) is 9.00 Å². The predicted molar refractivity (Wildman–Crippen MR) is 54.9 cm³/mol. The molecule has 0 bridgehead atoms. The van der Waals surface area contributed by atoms with Gasteiger partial charge in [-0.1, -0.05) is 0 Å². The molecule has 4 nitrogen and oxygen atoms in total. The summed E-state index contributed by atoms with van der Waals surface area (Å²) < 4.78 is 11.2. The molecule has 0 saturated heterocycles. The maximum atomic E-state index is 11.2. The van der Waals surface area contributed by atoms with E-state index in [1.165, 1.54) is 0 Å². The van der Waals surface area contributed by atoms with Crippen LogP contribution in [0.3, 0.4) is 0 Å². The van der Waals surface area contributed by atoms with Crippen molar-refractivity contribution in [3.8, 4) is 0 Å². The second-order valence-corrected chi connectivity index (χ2v) is 4.42. The van der Waals surface area contributed by atoms with Crippen molar-refractivity contribution in [1.29, 1.82) is 0 Å². The molecule has 5 heteroatoms. The van der Waals surface area contributed by atoms with Crippen molar-refractivity contribution in [2.45, 2.75) is 13.3 Å². The van der Waals surface area contributed by atoms with Crippen LogP contribution in [0.2, 0.25) is 0 Å². The van der Waals surface area contributed by atoms with Crippen LogP contribution >= 0.6 is 0 Å². The van der Waals surface area contributed by atoms with E-state index in [1.807, 2.05) is 6.92 Å². The average molecular weight is 206 g/mol. The Hall–Kier alpha value is -0.420. The second-order valence-electron chi connectivity index (χ2n) is 2.84. The largest absolute Gasteiger partial charge is 0.345 e. The minimum atomic E-state index is -1.04. The smallest absolute Gasteiger partial charge is 0.234 e. The van der Waals surface area contributed by atoms with Crippen molar-refractivity contribution in [3.05, 3.63) is 0 Å². The predicted octanol–water partition coefficient (Wildman–Crippen LogP) is -0.438. The van der Waals surface area contributed by atoms with Gasteiger partial charge < -0.3 is 10.6 Å². The Morgan fingerprint density at radius 1 is 1.54 bits per heavy atom. The molecule has 0 heterocycles. The molecule has 0 aromatic heterocycles. The quantitative estimate of drug-likeness (QED) is 0.641. The van der Waals surface area contributed by atoms with Crippen LogP contribution in [0.4, 0.5) is 0 Å². The van der Waals surface area contributed by atoms with E-state index in [-0.39, 0.29) is 11.7 Å². The fourth-order valence-electron chi connectivity index (χ4n) is 0.741. The van der Waals surface area contributed by atoms with Gasteiger partial charge in [0, 0.05) is 30.1 Å². The Morgan fingerprint density at radius 2 is 2.15 bits per heavy atom.